The first kappa shape index (κ1) is 16.0. The number of carbonyl (C=O) groups is 1. The fourth-order valence-corrected chi connectivity index (χ4v) is 2.22. The Morgan fingerprint density at radius 2 is 2.26 bits per heavy atom. The van der Waals surface area contributed by atoms with Gasteiger partial charge in [0.15, 0.2) is 0 Å². The number of halogens is 1. The van der Waals surface area contributed by atoms with Crippen molar-refractivity contribution in [3.8, 4) is 0 Å². The highest BCUT2D eigenvalue weighted by Gasteiger charge is 2.28. The standard InChI is InChI=1S/C13H23ClN4O/c1-4-16-13(3,12(15)19)7-5-6-8-18-10(2)11(14)9-17-18/h9,16H,4-8H2,1-3H3,(H2,15,19). The molecule has 6 heteroatoms. The molecule has 1 atom stereocenters. The van der Waals surface area contributed by atoms with Crippen LogP contribution in [0.1, 0.15) is 38.8 Å². The molecule has 1 aromatic rings. The molecule has 1 rings (SSSR count). The van der Waals surface area contributed by atoms with E-state index in [-0.39, 0.29) is 5.91 Å². The molecule has 19 heavy (non-hydrogen) atoms. The Morgan fingerprint density at radius 3 is 2.74 bits per heavy atom. The molecule has 0 saturated carbocycles. The summed E-state index contributed by atoms with van der Waals surface area (Å²) in [5.41, 5.74) is 5.80. The van der Waals surface area contributed by atoms with Gasteiger partial charge in [-0.3, -0.25) is 9.48 Å². The first-order valence-corrected chi connectivity index (χ1v) is 7.01. The van der Waals surface area contributed by atoms with Crippen LogP contribution in [-0.2, 0) is 11.3 Å². The second-order valence-corrected chi connectivity index (χ2v) is 5.39. The summed E-state index contributed by atoms with van der Waals surface area (Å²) in [6, 6.07) is 0. The number of nitrogens with two attached hydrogens (primary N) is 1. The second kappa shape index (κ2) is 6.91. The molecule has 1 aromatic heterocycles. The average molecular weight is 287 g/mol. The summed E-state index contributed by atoms with van der Waals surface area (Å²) in [5.74, 6) is -0.298. The maximum Gasteiger partial charge on any atom is 0.237 e. The predicted molar refractivity (Wildman–Crippen MR) is 77.1 cm³/mol. The number of likely N-dealkylation sites (N-methyl/N-ethyl adjacent to an activating group) is 1. The van der Waals surface area contributed by atoms with Crippen molar-refractivity contribution in [1.29, 1.82) is 0 Å². The summed E-state index contributed by atoms with van der Waals surface area (Å²) < 4.78 is 1.89. The van der Waals surface area contributed by atoms with Gasteiger partial charge < -0.3 is 11.1 Å². The fraction of sp³-hybridized carbons (Fsp3) is 0.692. The van der Waals surface area contributed by atoms with Crippen LogP contribution in [0.2, 0.25) is 5.02 Å². The van der Waals surface area contributed by atoms with E-state index in [0.717, 1.165) is 38.0 Å². The van der Waals surface area contributed by atoms with E-state index in [1.54, 1.807) is 6.20 Å². The molecule has 1 heterocycles. The largest absolute Gasteiger partial charge is 0.368 e. The van der Waals surface area contributed by atoms with E-state index in [2.05, 4.69) is 10.4 Å². The number of carbonyl (C=O) groups excluding carboxylic acids is 1. The highest BCUT2D eigenvalue weighted by Crippen LogP contribution is 2.16. The summed E-state index contributed by atoms with van der Waals surface area (Å²) in [4.78, 5) is 11.5. The minimum Gasteiger partial charge on any atom is -0.368 e. The highest BCUT2D eigenvalue weighted by atomic mass is 35.5. The molecule has 5 nitrogen and oxygen atoms in total. The number of rotatable bonds is 8. The van der Waals surface area contributed by atoms with Gasteiger partial charge in [0.25, 0.3) is 0 Å². The van der Waals surface area contributed by atoms with Crippen LogP contribution in [0.25, 0.3) is 0 Å². The number of hydrogen-bond acceptors (Lipinski definition) is 3. The number of unbranched alkanes of at least 4 members (excludes halogenated alkanes) is 1. The molecule has 1 amide bonds. The maximum atomic E-state index is 11.5. The normalized spacial score (nSPS) is 14.3. The molecule has 0 fully saturated rings. The van der Waals surface area contributed by atoms with Crippen molar-refractivity contribution < 1.29 is 4.79 Å². The van der Waals surface area contributed by atoms with Crippen LogP contribution in [0.4, 0.5) is 0 Å². The number of nitrogens with one attached hydrogen (secondary N) is 1. The maximum absolute atomic E-state index is 11.5. The SMILES string of the molecule is CCNC(C)(CCCCn1ncc(Cl)c1C)C(N)=O. The van der Waals surface area contributed by atoms with Crippen molar-refractivity contribution in [2.75, 3.05) is 6.54 Å². The van der Waals surface area contributed by atoms with Gasteiger partial charge in [-0.1, -0.05) is 18.5 Å². The zero-order valence-electron chi connectivity index (χ0n) is 11.9. The minimum absolute atomic E-state index is 0.298. The lowest BCUT2D eigenvalue weighted by atomic mass is 9.94. The van der Waals surface area contributed by atoms with Crippen LogP contribution in [0.5, 0.6) is 0 Å². The van der Waals surface area contributed by atoms with Crippen molar-refractivity contribution in [3.63, 3.8) is 0 Å². The molecular formula is C13H23ClN4O. The molecular weight excluding hydrogens is 264 g/mol. The van der Waals surface area contributed by atoms with Gasteiger partial charge >= 0.3 is 0 Å². The van der Waals surface area contributed by atoms with Gasteiger partial charge in [-0.2, -0.15) is 5.10 Å². The zero-order chi connectivity index (χ0) is 14.5. The molecule has 0 aliphatic carbocycles. The molecule has 108 valence electrons. The van der Waals surface area contributed by atoms with E-state index in [1.807, 2.05) is 25.5 Å². The monoisotopic (exact) mass is 286 g/mol. The van der Waals surface area contributed by atoms with Crippen LogP contribution in [0.3, 0.4) is 0 Å². The Labute approximate surface area is 119 Å². The van der Waals surface area contributed by atoms with E-state index >= 15 is 0 Å². The lowest BCUT2D eigenvalue weighted by molar-refractivity contribution is -0.124. The topological polar surface area (TPSA) is 72.9 Å². The van der Waals surface area contributed by atoms with Gasteiger partial charge in [-0.25, -0.2) is 0 Å². The third-order valence-corrected chi connectivity index (χ3v) is 3.82. The predicted octanol–water partition coefficient (Wildman–Crippen LogP) is 1.87. The van der Waals surface area contributed by atoms with E-state index in [9.17, 15) is 4.79 Å². The van der Waals surface area contributed by atoms with Crippen molar-refractivity contribution in [2.24, 2.45) is 5.73 Å². The molecule has 0 saturated heterocycles. The van der Waals surface area contributed by atoms with E-state index in [4.69, 9.17) is 17.3 Å². The lowest BCUT2D eigenvalue weighted by Gasteiger charge is -2.26. The van der Waals surface area contributed by atoms with Gasteiger partial charge in [0.2, 0.25) is 5.91 Å². The van der Waals surface area contributed by atoms with Gasteiger partial charge in [-0.05, 0) is 39.7 Å². The number of aromatic nitrogens is 2. The smallest absolute Gasteiger partial charge is 0.237 e. The van der Waals surface area contributed by atoms with Crippen LogP contribution >= 0.6 is 11.6 Å². The van der Waals surface area contributed by atoms with Gasteiger partial charge in [-0.15, -0.1) is 0 Å². The number of aryl methyl sites for hydroxylation is 1. The van der Waals surface area contributed by atoms with Gasteiger partial charge in [0, 0.05) is 6.54 Å². The molecule has 0 radical (unpaired) electrons. The third kappa shape index (κ3) is 4.21. The lowest BCUT2D eigenvalue weighted by Crippen LogP contribution is -2.52. The van der Waals surface area contributed by atoms with Crippen LogP contribution in [0, 0.1) is 6.92 Å². The zero-order valence-corrected chi connectivity index (χ0v) is 12.6. The Hall–Kier alpha value is -1.07. The Morgan fingerprint density at radius 1 is 1.58 bits per heavy atom. The average Bonchev–Trinajstić information content (AvgIpc) is 2.66. The third-order valence-electron chi connectivity index (χ3n) is 3.45. The van der Waals surface area contributed by atoms with Crippen molar-refractivity contribution in [3.05, 3.63) is 16.9 Å². The summed E-state index contributed by atoms with van der Waals surface area (Å²) >= 11 is 5.94. The quantitative estimate of drug-likeness (QED) is 0.717. The molecule has 0 aliphatic rings. The number of hydrogen-bond donors (Lipinski definition) is 2. The van der Waals surface area contributed by atoms with Crippen LogP contribution < -0.4 is 11.1 Å². The Kier molecular flexibility index (Phi) is 5.82. The summed E-state index contributed by atoms with van der Waals surface area (Å²) in [6.45, 7) is 7.31. The Bertz CT molecular complexity index is 432. The second-order valence-electron chi connectivity index (χ2n) is 4.98. The van der Waals surface area contributed by atoms with Gasteiger partial charge in [0.05, 0.1) is 22.5 Å². The van der Waals surface area contributed by atoms with E-state index in [0.29, 0.717) is 5.02 Å². The first-order valence-electron chi connectivity index (χ1n) is 6.63. The van der Waals surface area contributed by atoms with Crippen molar-refractivity contribution in [1.82, 2.24) is 15.1 Å². The molecule has 0 aromatic carbocycles. The summed E-state index contributed by atoms with van der Waals surface area (Å²) in [5, 5.41) is 8.04. The molecule has 1 unspecified atom stereocenters. The number of nitrogens with zero attached hydrogens (tertiary/aromatic N) is 2. The minimum atomic E-state index is -0.619. The molecule has 0 bridgehead atoms. The number of amides is 1. The summed E-state index contributed by atoms with van der Waals surface area (Å²) in [6.07, 6.45) is 4.23. The van der Waals surface area contributed by atoms with Crippen LogP contribution in [-0.4, -0.2) is 27.8 Å². The first-order chi connectivity index (χ1) is 8.90. The molecule has 3 N–H and O–H groups in total. The van der Waals surface area contributed by atoms with Crippen molar-refractivity contribution >= 4 is 17.5 Å². The van der Waals surface area contributed by atoms with Crippen LogP contribution in [0.15, 0.2) is 6.20 Å². The molecule has 0 spiro atoms. The molecule has 0 aliphatic heterocycles. The Balaban J connectivity index is 2.41. The van der Waals surface area contributed by atoms with Gasteiger partial charge in [0.1, 0.15) is 0 Å². The van der Waals surface area contributed by atoms with E-state index < -0.39 is 5.54 Å². The summed E-state index contributed by atoms with van der Waals surface area (Å²) in [7, 11) is 0. The van der Waals surface area contributed by atoms with Crippen molar-refractivity contribution in [2.45, 2.75) is 52.1 Å². The fourth-order valence-electron chi connectivity index (χ4n) is 2.08. The number of primary amides is 1. The van der Waals surface area contributed by atoms with E-state index in [1.165, 1.54) is 0 Å². The highest BCUT2D eigenvalue weighted by molar-refractivity contribution is 6.31.